The van der Waals surface area contributed by atoms with Crippen molar-refractivity contribution < 1.29 is 18.7 Å². The average molecular weight is 400 g/mol. The maximum absolute atomic E-state index is 13.0. The van der Waals surface area contributed by atoms with E-state index >= 15 is 0 Å². The first-order valence-corrected chi connectivity index (χ1v) is 9.84. The molecule has 2 aromatic carbocycles. The number of ether oxygens (including phenoxy) is 1. The van der Waals surface area contributed by atoms with Gasteiger partial charge in [-0.3, -0.25) is 9.59 Å². The van der Waals surface area contributed by atoms with Crippen LogP contribution in [0.2, 0.25) is 0 Å². The van der Waals surface area contributed by atoms with Gasteiger partial charge in [-0.05, 0) is 57.0 Å². The third kappa shape index (κ3) is 6.89. The van der Waals surface area contributed by atoms with Crippen LogP contribution >= 0.6 is 0 Å². The molecule has 5 nitrogen and oxygen atoms in total. The van der Waals surface area contributed by atoms with E-state index in [9.17, 15) is 14.0 Å². The second kappa shape index (κ2) is 10.6. The summed E-state index contributed by atoms with van der Waals surface area (Å²) < 4.78 is 18.5. The predicted octanol–water partition coefficient (Wildman–Crippen LogP) is 3.84. The lowest BCUT2D eigenvalue weighted by molar-refractivity contribution is -0.142. The quantitative estimate of drug-likeness (QED) is 0.696. The van der Waals surface area contributed by atoms with Crippen LogP contribution in [0, 0.1) is 12.7 Å². The van der Waals surface area contributed by atoms with E-state index < -0.39 is 6.04 Å². The number of carbonyl (C=O) groups excluding carboxylic acids is 2. The highest BCUT2D eigenvalue weighted by atomic mass is 19.1. The lowest BCUT2D eigenvalue weighted by Gasteiger charge is -2.29. The maximum atomic E-state index is 13.0. The lowest BCUT2D eigenvalue weighted by atomic mass is 10.1. The summed E-state index contributed by atoms with van der Waals surface area (Å²) in [6.07, 6.45) is 0.804. The lowest BCUT2D eigenvalue weighted by Crippen LogP contribution is -2.50. The number of halogens is 1. The number of rotatable bonds is 9. The maximum Gasteiger partial charge on any atom is 0.261 e. The van der Waals surface area contributed by atoms with Gasteiger partial charge in [0.15, 0.2) is 6.61 Å². The Bertz CT molecular complexity index is 823. The van der Waals surface area contributed by atoms with E-state index in [0.29, 0.717) is 12.3 Å². The third-order valence-electron chi connectivity index (χ3n) is 4.78. The molecule has 29 heavy (non-hydrogen) atoms. The predicted molar refractivity (Wildman–Crippen MR) is 111 cm³/mol. The zero-order valence-corrected chi connectivity index (χ0v) is 17.4. The minimum atomic E-state index is -0.658. The number of nitrogens with zero attached hydrogens (tertiary/aromatic N) is 1. The summed E-state index contributed by atoms with van der Waals surface area (Å²) in [7, 11) is 0. The largest absolute Gasteiger partial charge is 0.484 e. The Balaban J connectivity index is 2.14. The first-order chi connectivity index (χ1) is 13.8. The molecule has 6 heteroatoms. The van der Waals surface area contributed by atoms with Gasteiger partial charge in [-0.25, -0.2) is 4.39 Å². The summed E-state index contributed by atoms with van der Waals surface area (Å²) in [4.78, 5) is 27.1. The zero-order valence-electron chi connectivity index (χ0n) is 17.4. The van der Waals surface area contributed by atoms with Crippen molar-refractivity contribution in [3.8, 4) is 5.75 Å². The fourth-order valence-electron chi connectivity index (χ4n) is 2.81. The van der Waals surface area contributed by atoms with E-state index in [4.69, 9.17) is 4.74 Å². The topological polar surface area (TPSA) is 58.6 Å². The van der Waals surface area contributed by atoms with Crippen molar-refractivity contribution >= 4 is 11.8 Å². The van der Waals surface area contributed by atoms with Crippen LogP contribution in [-0.2, 0) is 16.1 Å². The van der Waals surface area contributed by atoms with E-state index in [0.717, 1.165) is 17.5 Å². The molecule has 0 aromatic heterocycles. The molecule has 2 amide bonds. The molecule has 2 atom stereocenters. The van der Waals surface area contributed by atoms with Gasteiger partial charge < -0.3 is 15.0 Å². The zero-order chi connectivity index (χ0) is 21.4. The fourth-order valence-corrected chi connectivity index (χ4v) is 2.81. The highest BCUT2D eigenvalue weighted by Gasteiger charge is 2.27. The van der Waals surface area contributed by atoms with Gasteiger partial charge in [0, 0.05) is 12.6 Å². The highest BCUT2D eigenvalue weighted by Crippen LogP contribution is 2.14. The van der Waals surface area contributed by atoms with Crippen LogP contribution in [-0.4, -0.2) is 35.4 Å². The summed E-state index contributed by atoms with van der Waals surface area (Å²) in [5.41, 5.74) is 2.01. The number of aryl methyl sites for hydroxylation is 1. The molecule has 0 saturated carbocycles. The Morgan fingerprint density at radius 2 is 1.83 bits per heavy atom. The highest BCUT2D eigenvalue weighted by molar-refractivity contribution is 5.88. The first-order valence-electron chi connectivity index (χ1n) is 9.84. The summed E-state index contributed by atoms with van der Waals surface area (Å²) >= 11 is 0. The molecular weight excluding hydrogens is 371 g/mol. The molecule has 2 unspecified atom stereocenters. The number of hydrogen-bond donors (Lipinski definition) is 1. The van der Waals surface area contributed by atoms with Gasteiger partial charge in [0.1, 0.15) is 17.6 Å². The molecule has 0 fully saturated rings. The molecule has 0 radical (unpaired) electrons. The molecule has 0 saturated heterocycles. The van der Waals surface area contributed by atoms with Crippen molar-refractivity contribution in [3.05, 3.63) is 65.5 Å². The molecule has 2 aromatic rings. The molecule has 0 bridgehead atoms. The van der Waals surface area contributed by atoms with Crippen LogP contribution in [0.15, 0.2) is 48.5 Å². The van der Waals surface area contributed by atoms with E-state index in [1.165, 1.54) is 29.2 Å². The summed E-state index contributed by atoms with van der Waals surface area (Å²) in [5.74, 6) is -0.503. The van der Waals surface area contributed by atoms with Crippen LogP contribution in [0.25, 0.3) is 0 Å². The van der Waals surface area contributed by atoms with E-state index in [1.807, 2.05) is 45.0 Å². The second-order valence-electron chi connectivity index (χ2n) is 7.25. The van der Waals surface area contributed by atoms with Gasteiger partial charge in [0.05, 0.1) is 0 Å². The molecule has 2 rings (SSSR count). The van der Waals surface area contributed by atoms with Gasteiger partial charge in [-0.1, -0.05) is 36.8 Å². The summed E-state index contributed by atoms with van der Waals surface area (Å²) in [5, 5.41) is 2.93. The summed E-state index contributed by atoms with van der Waals surface area (Å²) in [6.45, 7) is 7.66. The van der Waals surface area contributed by atoms with Crippen molar-refractivity contribution in [2.45, 2.75) is 52.7 Å². The van der Waals surface area contributed by atoms with Crippen molar-refractivity contribution in [1.29, 1.82) is 0 Å². The number of benzene rings is 2. The smallest absolute Gasteiger partial charge is 0.261 e. The van der Waals surface area contributed by atoms with Gasteiger partial charge in [0.25, 0.3) is 5.91 Å². The molecule has 0 aliphatic rings. The molecular formula is C23H29FN2O3. The monoisotopic (exact) mass is 400 g/mol. The Morgan fingerprint density at radius 3 is 2.45 bits per heavy atom. The van der Waals surface area contributed by atoms with Crippen LogP contribution in [0.1, 0.15) is 38.3 Å². The minimum Gasteiger partial charge on any atom is -0.484 e. The van der Waals surface area contributed by atoms with E-state index in [-0.39, 0.29) is 30.3 Å². The van der Waals surface area contributed by atoms with Crippen LogP contribution < -0.4 is 10.1 Å². The van der Waals surface area contributed by atoms with E-state index in [1.54, 1.807) is 6.92 Å². The average Bonchev–Trinajstić information content (AvgIpc) is 2.70. The number of nitrogens with one attached hydrogen (secondary N) is 1. The van der Waals surface area contributed by atoms with Gasteiger partial charge in [0.2, 0.25) is 5.91 Å². The number of carbonyl (C=O) groups is 2. The van der Waals surface area contributed by atoms with Crippen molar-refractivity contribution in [1.82, 2.24) is 10.2 Å². The van der Waals surface area contributed by atoms with Gasteiger partial charge in [-0.2, -0.15) is 0 Å². The first kappa shape index (κ1) is 22.4. The second-order valence-corrected chi connectivity index (χ2v) is 7.25. The van der Waals surface area contributed by atoms with Crippen LogP contribution in [0.4, 0.5) is 4.39 Å². The van der Waals surface area contributed by atoms with Gasteiger partial charge in [-0.15, -0.1) is 0 Å². The minimum absolute atomic E-state index is 0.0244. The Morgan fingerprint density at radius 1 is 1.14 bits per heavy atom. The molecule has 0 heterocycles. The molecule has 156 valence electrons. The van der Waals surface area contributed by atoms with Crippen LogP contribution in [0.3, 0.4) is 0 Å². The fraction of sp³-hybridized carbons (Fsp3) is 0.391. The molecule has 0 aliphatic heterocycles. The number of amides is 2. The van der Waals surface area contributed by atoms with Gasteiger partial charge >= 0.3 is 0 Å². The molecule has 0 spiro atoms. The third-order valence-corrected chi connectivity index (χ3v) is 4.78. The standard InChI is InChI=1S/C23H29FN2O3/c1-5-17(3)25-23(28)18(4)26(14-19-8-6-7-16(2)13-19)22(27)15-29-21-11-9-20(24)10-12-21/h6-13,17-18H,5,14-15H2,1-4H3,(H,25,28). The Labute approximate surface area is 171 Å². The van der Waals surface area contributed by atoms with Crippen molar-refractivity contribution in [2.75, 3.05) is 6.61 Å². The summed E-state index contributed by atoms with van der Waals surface area (Å²) in [6, 6.07) is 12.6. The normalized spacial score (nSPS) is 12.7. The molecule has 0 aliphatic carbocycles. The SMILES string of the molecule is CCC(C)NC(=O)C(C)N(Cc1cccc(C)c1)C(=O)COc1ccc(F)cc1. The number of hydrogen-bond acceptors (Lipinski definition) is 3. The Hall–Kier alpha value is -2.89. The van der Waals surface area contributed by atoms with Crippen molar-refractivity contribution in [3.63, 3.8) is 0 Å². The Kier molecular flexibility index (Phi) is 8.19. The molecule has 1 N–H and O–H groups in total. The van der Waals surface area contributed by atoms with Crippen LogP contribution in [0.5, 0.6) is 5.75 Å². The van der Waals surface area contributed by atoms with Crippen molar-refractivity contribution in [2.24, 2.45) is 0 Å². The van der Waals surface area contributed by atoms with E-state index in [2.05, 4.69) is 5.32 Å².